The maximum absolute atomic E-state index is 12.1. The smallest absolute Gasteiger partial charge is 0.248 e. The highest BCUT2D eigenvalue weighted by Gasteiger charge is 2.07. The van der Waals surface area contributed by atoms with E-state index in [2.05, 4.69) is 29.5 Å². The lowest BCUT2D eigenvalue weighted by Gasteiger charge is -2.03. The van der Waals surface area contributed by atoms with Crippen LogP contribution in [0.25, 0.3) is 26.9 Å². The van der Waals surface area contributed by atoms with Crippen LogP contribution in [0.5, 0.6) is 0 Å². The number of aromatic nitrogens is 3. The number of anilines is 1. The summed E-state index contributed by atoms with van der Waals surface area (Å²) < 4.78 is 2.88. The Morgan fingerprint density at radius 3 is 2.74 bits per heavy atom. The van der Waals surface area contributed by atoms with Gasteiger partial charge in [0, 0.05) is 36.1 Å². The number of rotatable bonds is 4. The van der Waals surface area contributed by atoms with Crippen LogP contribution in [0.1, 0.15) is 11.1 Å². The van der Waals surface area contributed by atoms with Gasteiger partial charge in [-0.2, -0.15) is 5.10 Å². The first-order valence-corrected chi connectivity index (χ1v) is 9.34. The molecule has 2 aromatic carbocycles. The lowest BCUT2D eigenvalue weighted by molar-refractivity contribution is -0.111. The van der Waals surface area contributed by atoms with Crippen LogP contribution >= 0.6 is 11.3 Å². The summed E-state index contributed by atoms with van der Waals surface area (Å²) >= 11 is 1.67. The molecule has 0 saturated heterocycles. The standard InChI is InChI=1S/C21H18N4OS/c1-14-3-9-18-19(11-14)27-21(24-18)16-5-7-17(8-6-16)23-20(26)10-4-15-12-22-25(2)13-15/h3-13H,1-2H3,(H,23,26)/b10-4+. The molecule has 5 nitrogen and oxygen atoms in total. The number of aryl methyl sites for hydroxylation is 2. The molecular formula is C21H18N4OS. The SMILES string of the molecule is Cc1ccc2nc(-c3ccc(NC(=O)/C=C/c4cnn(C)c4)cc3)sc2c1. The molecular weight excluding hydrogens is 356 g/mol. The van der Waals surface area contributed by atoms with Crippen LogP contribution in [-0.2, 0) is 11.8 Å². The van der Waals surface area contributed by atoms with E-state index >= 15 is 0 Å². The zero-order chi connectivity index (χ0) is 18.8. The molecule has 0 aliphatic rings. The number of carbonyl (C=O) groups is 1. The fourth-order valence-corrected chi connectivity index (χ4v) is 3.80. The topological polar surface area (TPSA) is 59.8 Å². The zero-order valence-electron chi connectivity index (χ0n) is 15.0. The number of benzene rings is 2. The first-order chi connectivity index (χ1) is 13.1. The molecule has 0 aliphatic carbocycles. The zero-order valence-corrected chi connectivity index (χ0v) is 15.8. The van der Waals surface area contributed by atoms with Crippen molar-refractivity contribution in [2.75, 3.05) is 5.32 Å². The minimum atomic E-state index is -0.179. The first-order valence-electron chi connectivity index (χ1n) is 8.52. The number of nitrogens with zero attached hydrogens (tertiary/aromatic N) is 3. The molecule has 27 heavy (non-hydrogen) atoms. The number of carbonyl (C=O) groups excluding carboxylic acids is 1. The molecule has 0 atom stereocenters. The Kier molecular flexibility index (Phi) is 4.56. The van der Waals surface area contributed by atoms with Gasteiger partial charge in [-0.15, -0.1) is 11.3 Å². The van der Waals surface area contributed by atoms with Gasteiger partial charge < -0.3 is 5.32 Å². The largest absolute Gasteiger partial charge is 0.323 e. The van der Waals surface area contributed by atoms with Crippen molar-refractivity contribution in [1.82, 2.24) is 14.8 Å². The third-order valence-electron chi connectivity index (χ3n) is 4.10. The number of amides is 1. The molecule has 0 saturated carbocycles. The third-order valence-corrected chi connectivity index (χ3v) is 5.16. The number of hydrogen-bond donors (Lipinski definition) is 1. The van der Waals surface area contributed by atoms with E-state index < -0.39 is 0 Å². The second kappa shape index (κ2) is 7.17. The first kappa shape index (κ1) is 17.2. The number of hydrogen-bond acceptors (Lipinski definition) is 4. The third kappa shape index (κ3) is 3.96. The molecule has 6 heteroatoms. The highest BCUT2D eigenvalue weighted by atomic mass is 32.1. The minimum absolute atomic E-state index is 0.179. The van der Waals surface area contributed by atoms with E-state index in [-0.39, 0.29) is 5.91 Å². The molecule has 2 heterocycles. The van der Waals surface area contributed by atoms with Gasteiger partial charge in [-0.1, -0.05) is 6.07 Å². The highest BCUT2D eigenvalue weighted by Crippen LogP contribution is 2.31. The van der Waals surface area contributed by atoms with Gasteiger partial charge in [0.05, 0.1) is 16.4 Å². The quantitative estimate of drug-likeness (QED) is 0.529. The van der Waals surface area contributed by atoms with E-state index in [0.717, 1.165) is 27.3 Å². The molecule has 134 valence electrons. The second-order valence-corrected chi connectivity index (χ2v) is 7.37. The van der Waals surface area contributed by atoms with Gasteiger partial charge in [-0.25, -0.2) is 4.98 Å². The Bertz CT molecular complexity index is 1140. The van der Waals surface area contributed by atoms with Crippen LogP contribution in [0.2, 0.25) is 0 Å². The van der Waals surface area contributed by atoms with Gasteiger partial charge in [0.2, 0.25) is 5.91 Å². The predicted octanol–water partition coefficient (Wildman–Crippen LogP) is 4.66. The summed E-state index contributed by atoms with van der Waals surface area (Å²) in [7, 11) is 1.84. The molecule has 4 rings (SSSR count). The summed E-state index contributed by atoms with van der Waals surface area (Å²) in [6.45, 7) is 2.08. The van der Waals surface area contributed by atoms with Gasteiger partial charge in [-0.05, 0) is 55.0 Å². The fourth-order valence-electron chi connectivity index (χ4n) is 2.73. The molecule has 4 aromatic rings. The van der Waals surface area contributed by atoms with E-state index in [1.165, 1.54) is 16.3 Å². The molecule has 2 aromatic heterocycles. The Labute approximate surface area is 161 Å². The van der Waals surface area contributed by atoms with E-state index in [9.17, 15) is 4.79 Å². The minimum Gasteiger partial charge on any atom is -0.323 e. The van der Waals surface area contributed by atoms with Crippen molar-refractivity contribution in [3.63, 3.8) is 0 Å². The number of nitrogens with one attached hydrogen (secondary N) is 1. The lowest BCUT2D eigenvalue weighted by atomic mass is 10.2. The molecule has 0 bridgehead atoms. The van der Waals surface area contributed by atoms with E-state index in [0.29, 0.717) is 0 Å². The molecule has 0 spiro atoms. The van der Waals surface area contributed by atoms with Crippen molar-refractivity contribution >= 4 is 39.2 Å². The van der Waals surface area contributed by atoms with Crippen molar-refractivity contribution < 1.29 is 4.79 Å². The molecule has 0 unspecified atom stereocenters. The summed E-state index contributed by atoms with van der Waals surface area (Å²) in [5, 5.41) is 7.90. The van der Waals surface area contributed by atoms with Crippen LogP contribution in [0.4, 0.5) is 5.69 Å². The summed E-state index contributed by atoms with van der Waals surface area (Å²) in [4.78, 5) is 16.8. The van der Waals surface area contributed by atoms with Gasteiger partial charge in [-0.3, -0.25) is 9.48 Å². The molecule has 1 N–H and O–H groups in total. The van der Waals surface area contributed by atoms with Gasteiger partial charge in [0.1, 0.15) is 5.01 Å². The predicted molar refractivity (Wildman–Crippen MR) is 111 cm³/mol. The Hall–Kier alpha value is -3.25. The summed E-state index contributed by atoms with van der Waals surface area (Å²) in [6, 6.07) is 14.0. The number of thiazole rings is 1. The van der Waals surface area contributed by atoms with Gasteiger partial charge >= 0.3 is 0 Å². The van der Waals surface area contributed by atoms with Crippen LogP contribution in [0.15, 0.2) is 60.9 Å². The van der Waals surface area contributed by atoms with Crippen LogP contribution in [-0.4, -0.2) is 20.7 Å². The average Bonchev–Trinajstić information content (AvgIpc) is 3.26. The summed E-state index contributed by atoms with van der Waals surface area (Å²) in [6.07, 6.45) is 6.79. The molecule has 1 amide bonds. The van der Waals surface area contributed by atoms with Crippen molar-refractivity contribution in [1.29, 1.82) is 0 Å². The Balaban J connectivity index is 1.46. The van der Waals surface area contributed by atoms with Crippen LogP contribution in [0, 0.1) is 6.92 Å². The fraction of sp³-hybridized carbons (Fsp3) is 0.0952. The molecule has 0 fully saturated rings. The maximum atomic E-state index is 12.1. The average molecular weight is 374 g/mol. The molecule has 0 radical (unpaired) electrons. The normalized spacial score (nSPS) is 11.3. The van der Waals surface area contributed by atoms with Crippen LogP contribution < -0.4 is 5.32 Å². The van der Waals surface area contributed by atoms with Gasteiger partial charge in [0.15, 0.2) is 0 Å². The van der Waals surface area contributed by atoms with Crippen molar-refractivity contribution in [3.05, 3.63) is 72.1 Å². The van der Waals surface area contributed by atoms with Crippen molar-refractivity contribution in [2.45, 2.75) is 6.92 Å². The Morgan fingerprint density at radius 1 is 1.19 bits per heavy atom. The van der Waals surface area contributed by atoms with E-state index in [1.54, 1.807) is 28.3 Å². The second-order valence-electron chi connectivity index (χ2n) is 6.34. The maximum Gasteiger partial charge on any atom is 0.248 e. The van der Waals surface area contributed by atoms with Crippen molar-refractivity contribution in [3.8, 4) is 10.6 Å². The Morgan fingerprint density at radius 2 is 2.00 bits per heavy atom. The van der Waals surface area contributed by atoms with E-state index in [1.807, 2.05) is 43.6 Å². The van der Waals surface area contributed by atoms with Crippen molar-refractivity contribution in [2.24, 2.45) is 7.05 Å². The van der Waals surface area contributed by atoms with Crippen LogP contribution in [0.3, 0.4) is 0 Å². The van der Waals surface area contributed by atoms with Gasteiger partial charge in [0.25, 0.3) is 0 Å². The molecule has 0 aliphatic heterocycles. The lowest BCUT2D eigenvalue weighted by Crippen LogP contribution is -2.07. The number of fused-ring (bicyclic) bond motifs is 1. The highest BCUT2D eigenvalue weighted by molar-refractivity contribution is 7.21. The summed E-state index contributed by atoms with van der Waals surface area (Å²) in [5.41, 5.74) is 4.91. The summed E-state index contributed by atoms with van der Waals surface area (Å²) in [5.74, 6) is -0.179. The van der Waals surface area contributed by atoms with E-state index in [4.69, 9.17) is 4.98 Å². The monoisotopic (exact) mass is 374 g/mol.